The number of alkyl halides is 3. The summed E-state index contributed by atoms with van der Waals surface area (Å²) in [5.41, 5.74) is -3.06. The summed E-state index contributed by atoms with van der Waals surface area (Å²) in [6.45, 7) is 6.38. The summed E-state index contributed by atoms with van der Waals surface area (Å²) in [6, 6.07) is 4.97. The third kappa shape index (κ3) is 6.81. The lowest BCUT2D eigenvalue weighted by molar-refractivity contribution is -0.120. The minimum atomic E-state index is -4.82. The molecule has 1 aliphatic heterocycles. The molecule has 0 radical (unpaired) electrons. The number of rotatable bonds is 10. The molecule has 0 saturated carbocycles. The highest BCUT2D eigenvalue weighted by Crippen LogP contribution is 2.33. The molecular formula is C21H25F3N4O3S3. The minimum Gasteiger partial charge on any atom is -0.389 e. The fourth-order valence-electron chi connectivity index (χ4n) is 3.23. The summed E-state index contributed by atoms with van der Waals surface area (Å²) in [6.07, 6.45) is -0.0323. The molecule has 3 N–H and O–H groups in total. The van der Waals surface area contributed by atoms with Gasteiger partial charge in [0.05, 0.1) is 29.3 Å². The maximum Gasteiger partial charge on any atom is 0.475 e. The van der Waals surface area contributed by atoms with Gasteiger partial charge in [-0.25, -0.2) is 9.19 Å². The molecule has 0 fully saturated rings. The number of amides is 1. The molecule has 0 aliphatic carbocycles. The van der Waals surface area contributed by atoms with Gasteiger partial charge >= 0.3 is 5.51 Å². The minimum absolute atomic E-state index is 0.0323. The summed E-state index contributed by atoms with van der Waals surface area (Å²) < 4.78 is 49.1. The Morgan fingerprint density at radius 2 is 1.94 bits per heavy atom. The van der Waals surface area contributed by atoms with Crippen molar-refractivity contribution in [1.82, 2.24) is 20.5 Å². The maximum atomic E-state index is 12.6. The second-order valence-electron chi connectivity index (χ2n) is 7.30. The van der Waals surface area contributed by atoms with Crippen molar-refractivity contribution in [2.45, 2.75) is 49.3 Å². The van der Waals surface area contributed by atoms with E-state index in [1.165, 1.54) is 35.2 Å². The molecule has 13 heteroatoms. The zero-order valence-corrected chi connectivity index (χ0v) is 21.0. The normalized spacial score (nSPS) is 16.9. The number of nitrogens with zero attached hydrogens (tertiary/aromatic N) is 2. The Morgan fingerprint density at radius 1 is 1.26 bits per heavy atom. The van der Waals surface area contributed by atoms with Crippen LogP contribution in [0.2, 0.25) is 0 Å². The molecule has 2 unspecified atom stereocenters. The zero-order valence-electron chi connectivity index (χ0n) is 18.5. The third-order valence-corrected chi connectivity index (χ3v) is 8.12. The van der Waals surface area contributed by atoms with Crippen LogP contribution in [-0.2, 0) is 35.2 Å². The predicted molar refractivity (Wildman–Crippen MR) is 128 cm³/mol. The van der Waals surface area contributed by atoms with Gasteiger partial charge < -0.3 is 15.7 Å². The Bertz CT molecular complexity index is 1050. The van der Waals surface area contributed by atoms with Gasteiger partial charge in [-0.1, -0.05) is 37.7 Å². The average molecular weight is 535 g/mol. The largest absolute Gasteiger partial charge is 0.475 e. The molecule has 2 atom stereocenters. The number of aliphatic hydroxyl groups is 1. The summed E-state index contributed by atoms with van der Waals surface area (Å²) in [4.78, 5) is 19.8. The van der Waals surface area contributed by atoms with E-state index in [4.69, 9.17) is 0 Å². The molecule has 2 aromatic rings. The van der Waals surface area contributed by atoms with Crippen LogP contribution in [0.3, 0.4) is 0 Å². The van der Waals surface area contributed by atoms with Crippen LogP contribution in [0.15, 0.2) is 34.6 Å². The van der Waals surface area contributed by atoms with Crippen molar-refractivity contribution in [3.63, 3.8) is 0 Å². The monoisotopic (exact) mass is 534 g/mol. The standard InChI is InChI=1S/C21H25F3N4O3S3/c1-3-28(4-2)10-15-19(33-18(11-29)25-15)16-12-32-20(26-16)27-17(30)9-13-5-7-14(8-6-13)34(31)21(22,23)24/h5-8,12,20,26,29H,3-4,9-11H2,1-2H3,(H,27,30). The van der Waals surface area contributed by atoms with E-state index in [0.717, 1.165) is 41.5 Å². The van der Waals surface area contributed by atoms with Crippen LogP contribution in [0.5, 0.6) is 0 Å². The number of thiazole rings is 1. The molecule has 0 saturated heterocycles. The lowest BCUT2D eigenvalue weighted by Gasteiger charge is -2.18. The van der Waals surface area contributed by atoms with Crippen LogP contribution in [0, 0.1) is 0 Å². The molecule has 2 heterocycles. The highest BCUT2D eigenvalue weighted by Gasteiger charge is 2.37. The predicted octanol–water partition coefficient (Wildman–Crippen LogP) is 3.38. The number of benzene rings is 1. The molecule has 34 heavy (non-hydrogen) atoms. The summed E-state index contributed by atoms with van der Waals surface area (Å²) in [7, 11) is -3.10. The number of aromatic nitrogens is 1. The first-order valence-electron chi connectivity index (χ1n) is 10.5. The SMILES string of the molecule is CCN(CC)Cc1nc(CO)sc1C1=CSC(NC(=O)Cc2ccc(S(=O)C(F)(F)F)cc2)N1. The first-order valence-corrected chi connectivity index (χ1v) is 13.4. The number of carbonyl (C=O) groups excluding carboxylic acids is 1. The quantitative estimate of drug-likeness (QED) is 0.430. The second kappa shape index (κ2) is 11.7. The zero-order chi connectivity index (χ0) is 24.9. The molecular weight excluding hydrogens is 509 g/mol. The number of halogens is 3. The Kier molecular flexibility index (Phi) is 9.15. The Morgan fingerprint density at radius 3 is 2.53 bits per heavy atom. The van der Waals surface area contributed by atoms with Gasteiger partial charge in [-0.15, -0.1) is 11.3 Å². The number of thioether (sulfide) groups is 1. The number of aliphatic hydroxyl groups excluding tert-OH is 1. The van der Waals surface area contributed by atoms with Crippen LogP contribution in [0.25, 0.3) is 5.70 Å². The smallest absolute Gasteiger partial charge is 0.389 e. The van der Waals surface area contributed by atoms with Crippen molar-refractivity contribution in [3.05, 3.63) is 50.8 Å². The van der Waals surface area contributed by atoms with E-state index < -0.39 is 21.8 Å². The van der Waals surface area contributed by atoms with Crippen LogP contribution in [-0.4, -0.2) is 49.2 Å². The molecule has 7 nitrogen and oxygen atoms in total. The number of carbonyl (C=O) groups is 1. The van der Waals surface area contributed by atoms with Crippen LogP contribution < -0.4 is 10.6 Å². The van der Waals surface area contributed by atoms with Crippen molar-refractivity contribution in [2.24, 2.45) is 0 Å². The highest BCUT2D eigenvalue weighted by molar-refractivity contribution is 8.03. The van der Waals surface area contributed by atoms with Crippen LogP contribution in [0.4, 0.5) is 13.2 Å². The first kappa shape index (κ1) is 26.7. The Hall–Kier alpha value is -1.93. The molecule has 1 amide bonds. The van der Waals surface area contributed by atoms with E-state index in [0.29, 0.717) is 17.1 Å². The van der Waals surface area contributed by atoms with E-state index >= 15 is 0 Å². The van der Waals surface area contributed by atoms with Crippen LogP contribution in [0.1, 0.15) is 35.0 Å². The summed E-state index contributed by atoms with van der Waals surface area (Å²) in [5.74, 6) is -0.312. The molecule has 0 bridgehead atoms. The third-order valence-electron chi connectivity index (χ3n) is 5.00. The van der Waals surface area contributed by atoms with Gasteiger partial charge in [-0.05, 0) is 36.2 Å². The van der Waals surface area contributed by atoms with Gasteiger partial charge in [0.15, 0.2) is 16.3 Å². The second-order valence-corrected chi connectivity index (χ2v) is 10.8. The van der Waals surface area contributed by atoms with E-state index in [1.807, 2.05) is 5.41 Å². The molecule has 186 valence electrons. The number of hydrogen-bond acceptors (Lipinski definition) is 8. The van der Waals surface area contributed by atoms with E-state index in [1.54, 1.807) is 0 Å². The summed E-state index contributed by atoms with van der Waals surface area (Å²) >= 11 is 2.78. The van der Waals surface area contributed by atoms with Gasteiger partial charge in [-0.2, -0.15) is 13.2 Å². The summed E-state index contributed by atoms with van der Waals surface area (Å²) in [5, 5.41) is 18.1. The maximum absolute atomic E-state index is 12.6. The average Bonchev–Trinajstić information content (AvgIpc) is 3.43. The molecule has 1 aromatic carbocycles. The first-order chi connectivity index (χ1) is 16.1. The van der Waals surface area contributed by atoms with E-state index in [-0.39, 0.29) is 23.8 Å². The topological polar surface area (TPSA) is 94.6 Å². The number of nitrogens with one attached hydrogen (secondary N) is 2. The van der Waals surface area contributed by atoms with Gasteiger partial charge in [-0.3, -0.25) is 9.69 Å². The molecule has 0 spiro atoms. The van der Waals surface area contributed by atoms with E-state index in [2.05, 4.69) is 34.4 Å². The van der Waals surface area contributed by atoms with Crippen molar-refractivity contribution in [1.29, 1.82) is 0 Å². The van der Waals surface area contributed by atoms with Gasteiger partial charge in [0, 0.05) is 11.4 Å². The fourth-order valence-corrected chi connectivity index (χ4v) is 5.72. The van der Waals surface area contributed by atoms with Crippen LogP contribution >= 0.6 is 23.1 Å². The van der Waals surface area contributed by atoms with Crippen molar-refractivity contribution < 1.29 is 27.3 Å². The molecule has 1 aromatic heterocycles. The van der Waals surface area contributed by atoms with Crippen molar-refractivity contribution in [2.75, 3.05) is 13.1 Å². The van der Waals surface area contributed by atoms with E-state index in [9.17, 15) is 27.3 Å². The van der Waals surface area contributed by atoms with Crippen molar-refractivity contribution in [3.8, 4) is 0 Å². The lowest BCUT2D eigenvalue weighted by atomic mass is 10.1. The Balaban J connectivity index is 1.58. The van der Waals surface area contributed by atoms with Crippen molar-refractivity contribution >= 4 is 45.5 Å². The van der Waals surface area contributed by atoms with Gasteiger partial charge in [0.25, 0.3) is 0 Å². The lowest BCUT2D eigenvalue weighted by Crippen LogP contribution is -2.40. The van der Waals surface area contributed by atoms with Gasteiger partial charge in [0.2, 0.25) is 5.91 Å². The number of hydrogen-bond donors (Lipinski definition) is 3. The molecule has 1 aliphatic rings. The Labute approximate surface area is 206 Å². The van der Waals surface area contributed by atoms with Gasteiger partial charge in [0.1, 0.15) is 5.01 Å². The highest BCUT2D eigenvalue weighted by atomic mass is 32.2. The fraction of sp³-hybridized carbons (Fsp3) is 0.429. The molecule has 3 rings (SSSR count).